The molecule has 2 aromatic rings. The number of para-hydroxylation sites is 1. The maximum atomic E-state index is 12.8. The number of halogens is 1. The van der Waals surface area contributed by atoms with E-state index < -0.39 is 0 Å². The minimum atomic E-state index is -0.155. The molecule has 3 heterocycles. The summed E-state index contributed by atoms with van der Waals surface area (Å²) < 4.78 is 7.56. The van der Waals surface area contributed by atoms with E-state index in [9.17, 15) is 4.79 Å². The highest BCUT2D eigenvalue weighted by Gasteiger charge is 2.63. The van der Waals surface area contributed by atoms with E-state index in [1.54, 1.807) is 4.68 Å². The van der Waals surface area contributed by atoms with Crippen LogP contribution in [0.25, 0.3) is 5.69 Å². The Balaban J connectivity index is 1.40. The van der Waals surface area contributed by atoms with Crippen molar-refractivity contribution in [2.75, 3.05) is 0 Å². The highest BCUT2D eigenvalue weighted by atomic mass is 35.5. The SMILES string of the molecule is Cc1nn(-c2ccccc2)c(Cl)c1C(=O)N[C@@H]1C[C@@H]2O[C@H]1[C@H]1C[C@H]12. The summed E-state index contributed by atoms with van der Waals surface area (Å²) >= 11 is 6.47. The van der Waals surface area contributed by atoms with Crippen molar-refractivity contribution in [3.63, 3.8) is 0 Å². The molecule has 5 nitrogen and oxygen atoms in total. The Morgan fingerprint density at radius 3 is 2.79 bits per heavy atom. The lowest BCUT2D eigenvalue weighted by molar-refractivity contribution is 0.0631. The molecule has 1 N–H and O–H groups in total. The van der Waals surface area contributed by atoms with Gasteiger partial charge in [-0.05, 0) is 43.7 Å². The molecule has 124 valence electrons. The zero-order valence-corrected chi connectivity index (χ0v) is 14.0. The molecule has 2 aliphatic heterocycles. The molecule has 3 aliphatic rings. The molecular formula is C18H18ClN3O2. The van der Waals surface area contributed by atoms with Crippen molar-refractivity contribution in [2.45, 2.75) is 38.0 Å². The summed E-state index contributed by atoms with van der Waals surface area (Å²) in [5.41, 5.74) is 1.93. The van der Waals surface area contributed by atoms with E-state index in [1.807, 2.05) is 37.3 Å². The van der Waals surface area contributed by atoms with Crippen molar-refractivity contribution in [2.24, 2.45) is 11.8 Å². The van der Waals surface area contributed by atoms with Crippen LogP contribution in [0.1, 0.15) is 28.9 Å². The second-order valence-electron chi connectivity index (χ2n) is 7.02. The van der Waals surface area contributed by atoms with E-state index >= 15 is 0 Å². The third kappa shape index (κ3) is 2.04. The third-order valence-corrected chi connectivity index (χ3v) is 5.90. The Morgan fingerprint density at radius 1 is 1.29 bits per heavy atom. The van der Waals surface area contributed by atoms with Gasteiger partial charge in [0.25, 0.3) is 5.91 Å². The average Bonchev–Trinajstić information content (AvgIpc) is 3.07. The third-order valence-electron chi connectivity index (χ3n) is 5.55. The van der Waals surface area contributed by atoms with Crippen LogP contribution in [-0.4, -0.2) is 33.9 Å². The predicted molar refractivity (Wildman–Crippen MR) is 89.4 cm³/mol. The molecule has 3 fully saturated rings. The maximum absolute atomic E-state index is 12.8. The number of carbonyl (C=O) groups excluding carboxylic acids is 1. The molecule has 1 saturated carbocycles. The number of aromatic nitrogens is 2. The number of benzene rings is 1. The summed E-state index contributed by atoms with van der Waals surface area (Å²) in [7, 11) is 0. The quantitative estimate of drug-likeness (QED) is 0.932. The summed E-state index contributed by atoms with van der Waals surface area (Å²) in [6.07, 6.45) is 2.70. The largest absolute Gasteiger partial charge is 0.372 e. The van der Waals surface area contributed by atoms with Gasteiger partial charge in [0.15, 0.2) is 0 Å². The van der Waals surface area contributed by atoms with Crippen LogP contribution >= 0.6 is 11.6 Å². The average molecular weight is 344 g/mol. The zero-order valence-electron chi connectivity index (χ0n) is 13.3. The number of rotatable bonds is 3. The molecule has 0 spiro atoms. The van der Waals surface area contributed by atoms with Crippen LogP contribution in [0.15, 0.2) is 30.3 Å². The second kappa shape index (κ2) is 5.07. The highest BCUT2D eigenvalue weighted by molar-refractivity contribution is 6.33. The monoisotopic (exact) mass is 343 g/mol. The van der Waals surface area contributed by atoms with E-state index in [4.69, 9.17) is 16.3 Å². The molecule has 1 amide bonds. The summed E-state index contributed by atoms with van der Waals surface area (Å²) in [6, 6.07) is 9.69. The summed E-state index contributed by atoms with van der Waals surface area (Å²) in [6.45, 7) is 1.81. The Bertz CT molecular complexity index is 819. The van der Waals surface area contributed by atoms with Gasteiger partial charge in [0.2, 0.25) is 0 Å². The first-order chi connectivity index (χ1) is 11.6. The molecule has 5 rings (SSSR count). The van der Waals surface area contributed by atoms with Gasteiger partial charge in [-0.1, -0.05) is 29.8 Å². The van der Waals surface area contributed by atoms with E-state index in [0.717, 1.165) is 18.0 Å². The van der Waals surface area contributed by atoms with Crippen LogP contribution in [0.5, 0.6) is 0 Å². The first-order valence-electron chi connectivity index (χ1n) is 8.40. The molecule has 24 heavy (non-hydrogen) atoms. The lowest BCUT2D eigenvalue weighted by Gasteiger charge is -2.20. The Hall–Kier alpha value is -1.85. The molecule has 2 saturated heterocycles. The number of nitrogens with zero attached hydrogens (tertiary/aromatic N) is 2. The molecule has 1 aromatic carbocycles. The van der Waals surface area contributed by atoms with Crippen LogP contribution in [0, 0.1) is 18.8 Å². The van der Waals surface area contributed by atoms with E-state index in [1.165, 1.54) is 6.42 Å². The Kier molecular flexibility index (Phi) is 3.06. The number of nitrogens with one attached hydrogen (secondary N) is 1. The summed E-state index contributed by atoms with van der Waals surface area (Å²) in [5, 5.41) is 7.92. The number of fused-ring (bicyclic) bond motifs is 5. The number of hydrogen-bond acceptors (Lipinski definition) is 3. The zero-order chi connectivity index (χ0) is 16.4. The second-order valence-corrected chi connectivity index (χ2v) is 7.37. The predicted octanol–water partition coefficient (Wildman–Crippen LogP) is 2.74. The molecule has 6 heteroatoms. The molecule has 5 atom stereocenters. The fraction of sp³-hybridized carbons (Fsp3) is 0.444. The lowest BCUT2D eigenvalue weighted by Crippen LogP contribution is -2.42. The Morgan fingerprint density at radius 2 is 2.08 bits per heavy atom. The normalized spacial score (nSPS) is 32.7. The van der Waals surface area contributed by atoms with E-state index in [-0.39, 0.29) is 18.1 Å². The van der Waals surface area contributed by atoms with Crippen LogP contribution in [0.2, 0.25) is 5.15 Å². The van der Waals surface area contributed by atoms with Gasteiger partial charge in [-0.25, -0.2) is 4.68 Å². The molecule has 1 aliphatic carbocycles. The van der Waals surface area contributed by atoms with Crippen molar-refractivity contribution in [3.05, 3.63) is 46.7 Å². The molecule has 1 aromatic heterocycles. The van der Waals surface area contributed by atoms with Crippen molar-refractivity contribution >= 4 is 17.5 Å². The smallest absolute Gasteiger partial charge is 0.256 e. The first-order valence-corrected chi connectivity index (χ1v) is 8.78. The van der Waals surface area contributed by atoms with Gasteiger partial charge in [0.05, 0.1) is 35.2 Å². The lowest BCUT2D eigenvalue weighted by atomic mass is 9.95. The molecule has 2 bridgehead atoms. The molecule has 0 radical (unpaired) electrons. The van der Waals surface area contributed by atoms with Gasteiger partial charge in [-0.3, -0.25) is 4.79 Å². The fourth-order valence-electron chi connectivity index (χ4n) is 4.33. The number of amides is 1. The molecular weight excluding hydrogens is 326 g/mol. The van der Waals surface area contributed by atoms with Gasteiger partial charge in [0, 0.05) is 0 Å². The standard InChI is InChI=1S/C18H18ClN3O2/c1-9-15(17(19)22(21-9)10-5-3-2-4-6-10)18(23)20-13-8-14-11-7-12(11)16(13)24-14/h2-6,11-14,16H,7-8H2,1H3,(H,20,23)/t11-,12+,13-,14+,16+/m1/s1. The summed E-state index contributed by atoms with van der Waals surface area (Å²) in [4.78, 5) is 12.8. The minimum absolute atomic E-state index is 0.0989. The highest BCUT2D eigenvalue weighted by Crippen LogP contribution is 2.58. The summed E-state index contributed by atoms with van der Waals surface area (Å²) in [5.74, 6) is 1.24. The minimum Gasteiger partial charge on any atom is -0.372 e. The van der Waals surface area contributed by atoms with E-state index in [2.05, 4.69) is 10.4 Å². The van der Waals surface area contributed by atoms with Crippen LogP contribution < -0.4 is 5.32 Å². The van der Waals surface area contributed by atoms with Crippen LogP contribution in [0.3, 0.4) is 0 Å². The van der Waals surface area contributed by atoms with Crippen molar-refractivity contribution in [1.82, 2.24) is 15.1 Å². The number of ether oxygens (including phenoxy) is 1. The fourth-order valence-corrected chi connectivity index (χ4v) is 4.69. The topological polar surface area (TPSA) is 56.2 Å². The number of aryl methyl sites for hydroxylation is 1. The number of carbonyl (C=O) groups is 1. The van der Waals surface area contributed by atoms with Gasteiger partial charge in [-0.15, -0.1) is 0 Å². The van der Waals surface area contributed by atoms with Gasteiger partial charge in [-0.2, -0.15) is 5.10 Å². The van der Waals surface area contributed by atoms with Crippen molar-refractivity contribution in [1.29, 1.82) is 0 Å². The van der Waals surface area contributed by atoms with Gasteiger partial charge in [0.1, 0.15) is 5.15 Å². The van der Waals surface area contributed by atoms with Crippen molar-refractivity contribution in [3.8, 4) is 5.69 Å². The van der Waals surface area contributed by atoms with Crippen LogP contribution in [-0.2, 0) is 4.74 Å². The first kappa shape index (κ1) is 14.5. The Labute approximate surface area is 144 Å². The molecule has 0 unspecified atom stereocenters. The van der Waals surface area contributed by atoms with Crippen molar-refractivity contribution < 1.29 is 9.53 Å². The number of hydrogen-bond donors (Lipinski definition) is 1. The van der Waals surface area contributed by atoms with Crippen LogP contribution in [0.4, 0.5) is 0 Å². The van der Waals surface area contributed by atoms with Gasteiger partial charge >= 0.3 is 0 Å². The van der Waals surface area contributed by atoms with Gasteiger partial charge < -0.3 is 10.1 Å². The maximum Gasteiger partial charge on any atom is 0.256 e. The van der Waals surface area contributed by atoms with E-state index in [0.29, 0.717) is 28.4 Å².